The first-order valence-electron chi connectivity index (χ1n) is 16.3. The monoisotopic (exact) mass is 666 g/mol. The van der Waals surface area contributed by atoms with Gasteiger partial charge in [0, 0.05) is 74.3 Å². The SMILES string of the molecule is CCN(C(=O)c1cc(F)ccc1Oc1cncnc1N1CC2(CC(Oc3ccnc4c3CN(CCCS(C)(=O)=O)CC4)C2)C1)C(C)C. The van der Waals surface area contributed by atoms with Crippen LogP contribution in [0.5, 0.6) is 17.2 Å². The molecule has 6 rings (SSSR count). The first-order chi connectivity index (χ1) is 22.4. The summed E-state index contributed by atoms with van der Waals surface area (Å²) in [5.41, 5.74) is 2.43. The second-order valence-corrected chi connectivity index (χ2v) is 15.6. The van der Waals surface area contributed by atoms with E-state index < -0.39 is 15.7 Å². The van der Waals surface area contributed by atoms with Gasteiger partial charge in [-0.1, -0.05) is 0 Å². The zero-order valence-corrected chi connectivity index (χ0v) is 28.3. The van der Waals surface area contributed by atoms with Crippen molar-refractivity contribution in [2.24, 2.45) is 5.41 Å². The van der Waals surface area contributed by atoms with Crippen molar-refractivity contribution in [3.63, 3.8) is 0 Å². The predicted octanol–water partition coefficient (Wildman–Crippen LogP) is 4.51. The molecule has 1 amide bonds. The maximum absolute atomic E-state index is 14.3. The molecular weight excluding hydrogens is 623 g/mol. The molecule has 1 aromatic carbocycles. The Labute approximate surface area is 276 Å². The van der Waals surface area contributed by atoms with Crippen LogP contribution in [0.4, 0.5) is 10.2 Å². The van der Waals surface area contributed by atoms with Crippen molar-refractivity contribution >= 4 is 21.6 Å². The lowest BCUT2D eigenvalue weighted by Gasteiger charge is -2.59. The second-order valence-electron chi connectivity index (χ2n) is 13.4. The van der Waals surface area contributed by atoms with Gasteiger partial charge < -0.3 is 19.3 Å². The topological polar surface area (TPSA) is 118 Å². The number of carbonyl (C=O) groups is 1. The van der Waals surface area contributed by atoms with E-state index in [1.807, 2.05) is 33.0 Å². The number of hydrogen-bond acceptors (Lipinski definition) is 10. The van der Waals surface area contributed by atoms with Crippen LogP contribution in [0.15, 0.2) is 43.0 Å². The number of nitrogens with zero attached hydrogens (tertiary/aromatic N) is 6. The van der Waals surface area contributed by atoms with E-state index in [1.165, 1.54) is 30.8 Å². The number of hydrogen-bond donors (Lipinski definition) is 0. The molecule has 4 heterocycles. The Morgan fingerprint density at radius 3 is 2.66 bits per heavy atom. The molecule has 2 aliphatic heterocycles. The number of rotatable bonds is 12. The molecule has 1 saturated heterocycles. The highest BCUT2D eigenvalue weighted by molar-refractivity contribution is 7.90. The Kier molecular flexibility index (Phi) is 9.39. The predicted molar refractivity (Wildman–Crippen MR) is 176 cm³/mol. The third-order valence-corrected chi connectivity index (χ3v) is 10.4. The molecule has 2 fully saturated rings. The van der Waals surface area contributed by atoms with E-state index in [-0.39, 0.29) is 40.5 Å². The van der Waals surface area contributed by atoms with E-state index in [0.29, 0.717) is 31.1 Å². The van der Waals surface area contributed by atoms with Crippen molar-refractivity contribution in [2.45, 2.75) is 65.1 Å². The first-order valence-corrected chi connectivity index (χ1v) is 18.4. The fourth-order valence-electron chi connectivity index (χ4n) is 7.05. The molecule has 13 heteroatoms. The summed E-state index contributed by atoms with van der Waals surface area (Å²) in [5, 5.41) is 0. The summed E-state index contributed by atoms with van der Waals surface area (Å²) in [4.78, 5) is 32.7. The number of pyridine rings is 1. The average molecular weight is 667 g/mol. The van der Waals surface area contributed by atoms with Crippen molar-refractivity contribution in [1.29, 1.82) is 0 Å². The standard InChI is InChI=1S/C34H43FN6O5S/c1-5-41(23(2)3)33(42)26-15-24(35)7-8-29(26)46-31-18-36-22-38-32(31)40-20-34(21-40)16-25(17-34)45-30-9-11-37-28-10-13-39(19-27(28)30)12-6-14-47(4,43)44/h7-9,11,15,18,22-23,25H,5-6,10,12-14,16-17,19-21H2,1-4H3. The number of anilines is 1. The lowest BCUT2D eigenvalue weighted by atomic mass is 9.61. The van der Waals surface area contributed by atoms with Crippen molar-refractivity contribution in [3.8, 4) is 17.2 Å². The highest BCUT2D eigenvalue weighted by atomic mass is 32.2. The highest BCUT2D eigenvalue weighted by Gasteiger charge is 2.54. The number of amides is 1. The van der Waals surface area contributed by atoms with E-state index in [2.05, 4.69) is 24.8 Å². The molecule has 2 aromatic heterocycles. The molecule has 252 valence electrons. The van der Waals surface area contributed by atoms with Crippen LogP contribution in [0.25, 0.3) is 0 Å². The summed E-state index contributed by atoms with van der Waals surface area (Å²) < 4.78 is 50.2. The van der Waals surface area contributed by atoms with Gasteiger partial charge in [0.1, 0.15) is 39.6 Å². The number of fused-ring (bicyclic) bond motifs is 1. The highest BCUT2D eigenvalue weighted by Crippen LogP contribution is 2.52. The van der Waals surface area contributed by atoms with Crippen LogP contribution in [0, 0.1) is 11.2 Å². The summed E-state index contributed by atoms with van der Waals surface area (Å²) in [6, 6.07) is 5.87. The normalized spacial score (nSPS) is 17.6. The number of benzene rings is 1. The summed E-state index contributed by atoms with van der Waals surface area (Å²) >= 11 is 0. The lowest BCUT2D eigenvalue weighted by molar-refractivity contribution is -0.0352. The molecule has 1 aliphatic carbocycles. The fourth-order valence-corrected chi connectivity index (χ4v) is 7.71. The van der Waals surface area contributed by atoms with E-state index >= 15 is 0 Å². The number of sulfone groups is 1. The Bertz CT molecular complexity index is 1720. The van der Waals surface area contributed by atoms with Gasteiger partial charge in [-0.05, 0) is 70.8 Å². The molecule has 11 nitrogen and oxygen atoms in total. The number of halogens is 1. The molecule has 0 atom stereocenters. The van der Waals surface area contributed by atoms with Gasteiger partial charge in [-0.2, -0.15) is 0 Å². The van der Waals surface area contributed by atoms with Crippen LogP contribution >= 0.6 is 0 Å². The van der Waals surface area contributed by atoms with Crippen LogP contribution in [0.3, 0.4) is 0 Å². The molecule has 0 bridgehead atoms. The Hall–Kier alpha value is -3.84. The van der Waals surface area contributed by atoms with Crippen LogP contribution in [-0.4, -0.2) is 96.0 Å². The number of carbonyl (C=O) groups excluding carboxylic acids is 1. The van der Waals surface area contributed by atoms with Gasteiger partial charge in [0.25, 0.3) is 5.91 Å². The average Bonchev–Trinajstić information content (AvgIpc) is 2.98. The fraction of sp³-hybridized carbons (Fsp3) is 0.529. The van der Waals surface area contributed by atoms with Gasteiger partial charge in [-0.3, -0.25) is 14.7 Å². The van der Waals surface area contributed by atoms with Gasteiger partial charge in [-0.15, -0.1) is 0 Å². The smallest absolute Gasteiger partial charge is 0.257 e. The van der Waals surface area contributed by atoms with E-state index in [0.717, 1.165) is 62.4 Å². The molecule has 47 heavy (non-hydrogen) atoms. The Balaban J connectivity index is 1.07. The van der Waals surface area contributed by atoms with Gasteiger partial charge >= 0.3 is 0 Å². The quantitative estimate of drug-likeness (QED) is 0.273. The van der Waals surface area contributed by atoms with Gasteiger partial charge in [-0.25, -0.2) is 22.8 Å². The Morgan fingerprint density at radius 1 is 1.15 bits per heavy atom. The van der Waals surface area contributed by atoms with Crippen LogP contribution in [0.2, 0.25) is 0 Å². The Morgan fingerprint density at radius 2 is 1.94 bits per heavy atom. The van der Waals surface area contributed by atoms with Gasteiger partial charge in [0.05, 0.1) is 17.5 Å². The lowest BCUT2D eigenvalue weighted by Crippen LogP contribution is -2.65. The molecule has 3 aliphatic rings. The summed E-state index contributed by atoms with van der Waals surface area (Å²) in [6.45, 7) is 10.1. The van der Waals surface area contributed by atoms with Crippen molar-refractivity contribution in [1.82, 2.24) is 24.8 Å². The van der Waals surface area contributed by atoms with Crippen LogP contribution < -0.4 is 14.4 Å². The van der Waals surface area contributed by atoms with Crippen molar-refractivity contribution in [3.05, 3.63) is 65.6 Å². The van der Waals surface area contributed by atoms with Gasteiger partial charge in [0.2, 0.25) is 0 Å². The zero-order valence-electron chi connectivity index (χ0n) is 27.5. The molecule has 0 radical (unpaired) electrons. The maximum atomic E-state index is 14.3. The molecule has 1 spiro atoms. The van der Waals surface area contributed by atoms with Crippen molar-refractivity contribution < 1.29 is 27.1 Å². The number of aromatic nitrogens is 3. The van der Waals surface area contributed by atoms with E-state index in [9.17, 15) is 17.6 Å². The summed E-state index contributed by atoms with van der Waals surface area (Å²) in [7, 11) is -2.97. The summed E-state index contributed by atoms with van der Waals surface area (Å²) in [5.74, 6) is 1.56. The summed E-state index contributed by atoms with van der Waals surface area (Å²) in [6.07, 6.45) is 9.51. The van der Waals surface area contributed by atoms with Crippen LogP contribution in [-0.2, 0) is 22.8 Å². The minimum atomic E-state index is -2.97. The zero-order chi connectivity index (χ0) is 33.3. The van der Waals surface area contributed by atoms with Gasteiger partial charge in [0.15, 0.2) is 11.6 Å². The maximum Gasteiger partial charge on any atom is 0.257 e. The molecule has 0 N–H and O–H groups in total. The molecule has 1 saturated carbocycles. The minimum Gasteiger partial charge on any atom is -0.490 e. The molecular formula is C34H43FN6O5S. The third-order valence-electron chi connectivity index (χ3n) is 9.38. The van der Waals surface area contributed by atoms with Crippen LogP contribution in [0.1, 0.15) is 61.6 Å². The first kappa shape index (κ1) is 33.1. The number of ether oxygens (including phenoxy) is 2. The van der Waals surface area contributed by atoms with Crippen molar-refractivity contribution in [2.75, 3.05) is 49.6 Å². The van der Waals surface area contributed by atoms with E-state index in [1.54, 1.807) is 11.1 Å². The third kappa shape index (κ3) is 7.35. The largest absolute Gasteiger partial charge is 0.490 e. The second kappa shape index (κ2) is 13.3. The molecule has 0 unspecified atom stereocenters. The molecule has 3 aromatic rings. The van der Waals surface area contributed by atoms with E-state index in [4.69, 9.17) is 9.47 Å². The minimum absolute atomic E-state index is 0.0517.